The summed E-state index contributed by atoms with van der Waals surface area (Å²) in [5.41, 5.74) is 2.77. The van der Waals surface area contributed by atoms with E-state index < -0.39 is 5.41 Å². The molecule has 5 heteroatoms. The Kier molecular flexibility index (Phi) is 5.89. The maximum Gasteiger partial charge on any atom is 0.228 e. The van der Waals surface area contributed by atoms with Crippen LogP contribution in [-0.4, -0.2) is 40.8 Å². The van der Waals surface area contributed by atoms with E-state index >= 15 is 0 Å². The highest BCUT2D eigenvalue weighted by molar-refractivity contribution is 5.86. The van der Waals surface area contributed by atoms with Gasteiger partial charge in [-0.05, 0) is 74.8 Å². The third-order valence-corrected chi connectivity index (χ3v) is 6.25. The zero-order valence-electron chi connectivity index (χ0n) is 17.9. The van der Waals surface area contributed by atoms with Gasteiger partial charge >= 0.3 is 0 Å². The van der Waals surface area contributed by atoms with Crippen LogP contribution >= 0.6 is 0 Å². The van der Waals surface area contributed by atoms with Crippen LogP contribution in [0.25, 0.3) is 11.1 Å². The van der Waals surface area contributed by atoms with Gasteiger partial charge in [0.05, 0.1) is 5.41 Å². The molecule has 1 atom stereocenters. The first kappa shape index (κ1) is 20.6. The SMILES string of the molecule is CC(C)NC(=O)[C@@]1(Cc2ccccc2-c2ccncc2)CCCN(C(=O)C2CC2)C1. The minimum atomic E-state index is -0.601. The predicted molar refractivity (Wildman–Crippen MR) is 118 cm³/mol. The van der Waals surface area contributed by atoms with Crippen LogP contribution in [0, 0.1) is 11.3 Å². The van der Waals surface area contributed by atoms with Crippen molar-refractivity contribution < 1.29 is 9.59 Å². The van der Waals surface area contributed by atoms with Gasteiger partial charge < -0.3 is 10.2 Å². The van der Waals surface area contributed by atoms with Gasteiger partial charge in [-0.1, -0.05) is 24.3 Å². The van der Waals surface area contributed by atoms with E-state index in [1.807, 2.05) is 43.0 Å². The second-order valence-electron chi connectivity index (χ2n) is 9.12. The Morgan fingerprint density at radius 1 is 1.17 bits per heavy atom. The Balaban J connectivity index is 1.67. The van der Waals surface area contributed by atoms with Crippen LogP contribution in [0.3, 0.4) is 0 Å². The fraction of sp³-hybridized carbons (Fsp3) is 0.480. The summed E-state index contributed by atoms with van der Waals surface area (Å²) in [7, 11) is 0. The van der Waals surface area contributed by atoms with Gasteiger partial charge in [0.15, 0.2) is 0 Å². The molecule has 30 heavy (non-hydrogen) atoms. The highest BCUT2D eigenvalue weighted by atomic mass is 16.2. The summed E-state index contributed by atoms with van der Waals surface area (Å²) in [6, 6.07) is 12.4. The lowest BCUT2D eigenvalue weighted by molar-refractivity contribution is -0.142. The van der Waals surface area contributed by atoms with Crippen molar-refractivity contribution in [1.29, 1.82) is 0 Å². The largest absolute Gasteiger partial charge is 0.353 e. The van der Waals surface area contributed by atoms with Crippen LogP contribution < -0.4 is 5.32 Å². The van der Waals surface area contributed by atoms with E-state index in [0.717, 1.165) is 48.9 Å². The Labute approximate surface area is 178 Å². The van der Waals surface area contributed by atoms with Crippen LogP contribution in [0.1, 0.15) is 45.1 Å². The topological polar surface area (TPSA) is 62.3 Å². The van der Waals surface area contributed by atoms with Crippen molar-refractivity contribution in [2.75, 3.05) is 13.1 Å². The molecule has 1 aromatic carbocycles. The van der Waals surface area contributed by atoms with Crippen LogP contribution in [0.15, 0.2) is 48.8 Å². The van der Waals surface area contributed by atoms with Gasteiger partial charge in [-0.3, -0.25) is 14.6 Å². The standard InChI is InChI=1S/C25H31N3O2/c1-18(2)27-24(30)25(12-5-15-28(17-25)23(29)20-8-9-20)16-21-6-3-4-7-22(21)19-10-13-26-14-11-19/h3-4,6-7,10-11,13-14,18,20H,5,8-9,12,15-17H2,1-2H3,(H,27,30)/t25-/m1/s1. The van der Waals surface area contributed by atoms with Crippen LogP contribution in [-0.2, 0) is 16.0 Å². The lowest BCUT2D eigenvalue weighted by Crippen LogP contribution is -2.55. The minimum absolute atomic E-state index is 0.0651. The number of hydrogen-bond donors (Lipinski definition) is 1. The molecule has 0 bridgehead atoms. The van der Waals surface area contributed by atoms with E-state index in [1.165, 1.54) is 0 Å². The van der Waals surface area contributed by atoms with Crippen LogP contribution in [0.4, 0.5) is 0 Å². The van der Waals surface area contributed by atoms with Gasteiger partial charge in [-0.25, -0.2) is 0 Å². The molecule has 0 radical (unpaired) electrons. The molecule has 0 unspecified atom stereocenters. The van der Waals surface area contributed by atoms with Crippen molar-refractivity contribution in [3.05, 3.63) is 54.4 Å². The third-order valence-electron chi connectivity index (χ3n) is 6.25. The van der Waals surface area contributed by atoms with E-state index in [-0.39, 0.29) is 23.8 Å². The number of piperidine rings is 1. The number of benzene rings is 1. The van der Waals surface area contributed by atoms with Gasteiger partial charge in [-0.15, -0.1) is 0 Å². The lowest BCUT2D eigenvalue weighted by Gasteiger charge is -2.42. The van der Waals surface area contributed by atoms with Crippen molar-refractivity contribution in [2.45, 2.75) is 52.0 Å². The van der Waals surface area contributed by atoms with Gasteiger partial charge in [0.2, 0.25) is 11.8 Å². The number of likely N-dealkylation sites (tertiary alicyclic amines) is 1. The Morgan fingerprint density at radius 2 is 1.90 bits per heavy atom. The monoisotopic (exact) mass is 405 g/mol. The van der Waals surface area contributed by atoms with E-state index in [0.29, 0.717) is 13.0 Å². The first-order valence-corrected chi connectivity index (χ1v) is 11.1. The molecule has 1 saturated carbocycles. The van der Waals surface area contributed by atoms with Gasteiger partial charge in [-0.2, -0.15) is 0 Å². The first-order chi connectivity index (χ1) is 14.5. The second-order valence-corrected chi connectivity index (χ2v) is 9.12. The molecule has 0 spiro atoms. The van der Waals surface area contributed by atoms with Crippen molar-refractivity contribution in [3.63, 3.8) is 0 Å². The summed E-state index contributed by atoms with van der Waals surface area (Å²) >= 11 is 0. The van der Waals surface area contributed by atoms with Gasteiger partial charge in [0.25, 0.3) is 0 Å². The predicted octanol–water partition coefficient (Wildman–Crippen LogP) is 3.83. The number of nitrogens with one attached hydrogen (secondary N) is 1. The molecule has 2 aromatic rings. The highest BCUT2D eigenvalue weighted by Gasteiger charge is 2.46. The molecular weight excluding hydrogens is 374 g/mol. The zero-order valence-corrected chi connectivity index (χ0v) is 17.9. The molecule has 1 aliphatic heterocycles. The Morgan fingerprint density at radius 3 is 2.60 bits per heavy atom. The number of rotatable bonds is 6. The summed E-state index contributed by atoms with van der Waals surface area (Å²) < 4.78 is 0. The molecule has 2 fully saturated rings. The molecule has 158 valence electrons. The molecule has 1 saturated heterocycles. The average molecular weight is 406 g/mol. The minimum Gasteiger partial charge on any atom is -0.353 e. The highest BCUT2D eigenvalue weighted by Crippen LogP contribution is 2.39. The Hall–Kier alpha value is -2.69. The van der Waals surface area contributed by atoms with E-state index in [4.69, 9.17) is 0 Å². The summed E-state index contributed by atoms with van der Waals surface area (Å²) in [4.78, 5) is 32.4. The lowest BCUT2D eigenvalue weighted by atomic mass is 9.73. The number of hydrogen-bond acceptors (Lipinski definition) is 3. The molecule has 2 heterocycles. The van der Waals surface area contributed by atoms with Gasteiger partial charge in [0, 0.05) is 37.4 Å². The van der Waals surface area contributed by atoms with Crippen LogP contribution in [0.5, 0.6) is 0 Å². The first-order valence-electron chi connectivity index (χ1n) is 11.1. The van der Waals surface area contributed by atoms with E-state index in [9.17, 15) is 9.59 Å². The molecular formula is C25H31N3O2. The molecule has 4 rings (SSSR count). The number of nitrogens with zero attached hydrogens (tertiary/aromatic N) is 2. The quantitative estimate of drug-likeness (QED) is 0.794. The molecule has 1 aromatic heterocycles. The average Bonchev–Trinajstić information content (AvgIpc) is 3.59. The van der Waals surface area contributed by atoms with Crippen molar-refractivity contribution in [2.24, 2.45) is 11.3 Å². The smallest absolute Gasteiger partial charge is 0.228 e. The molecule has 1 N–H and O–H groups in total. The van der Waals surface area contributed by atoms with Crippen LogP contribution in [0.2, 0.25) is 0 Å². The normalized spacial score (nSPS) is 21.5. The maximum absolute atomic E-state index is 13.5. The van der Waals surface area contributed by atoms with Crippen molar-refractivity contribution >= 4 is 11.8 Å². The third kappa shape index (κ3) is 4.40. The number of aromatic nitrogens is 1. The number of amides is 2. The van der Waals surface area contributed by atoms with Crippen molar-refractivity contribution in [1.82, 2.24) is 15.2 Å². The summed E-state index contributed by atoms with van der Waals surface area (Å²) in [6.45, 7) is 5.25. The fourth-order valence-electron chi connectivity index (χ4n) is 4.59. The molecule has 5 nitrogen and oxygen atoms in total. The molecule has 2 amide bonds. The second kappa shape index (κ2) is 8.58. The molecule has 2 aliphatic rings. The maximum atomic E-state index is 13.5. The number of carbonyl (C=O) groups excluding carboxylic acids is 2. The van der Waals surface area contributed by atoms with E-state index in [2.05, 4.69) is 22.4 Å². The summed E-state index contributed by atoms with van der Waals surface area (Å²) in [5.74, 6) is 0.479. The van der Waals surface area contributed by atoms with Gasteiger partial charge in [0.1, 0.15) is 0 Å². The summed E-state index contributed by atoms with van der Waals surface area (Å²) in [6.07, 6.45) is 7.86. The molecule has 1 aliphatic carbocycles. The van der Waals surface area contributed by atoms with E-state index in [1.54, 1.807) is 12.4 Å². The fourth-order valence-corrected chi connectivity index (χ4v) is 4.59. The summed E-state index contributed by atoms with van der Waals surface area (Å²) in [5, 5.41) is 3.15. The number of pyridine rings is 1. The zero-order chi connectivity index (χ0) is 21.1. The van der Waals surface area contributed by atoms with Crippen molar-refractivity contribution in [3.8, 4) is 11.1 Å². The number of carbonyl (C=O) groups is 2. The Bertz CT molecular complexity index is 908.